The smallest absolute Gasteiger partial charge is 0.326 e. The summed E-state index contributed by atoms with van der Waals surface area (Å²) >= 11 is 1.40. The van der Waals surface area contributed by atoms with Gasteiger partial charge in [0.15, 0.2) is 0 Å². The largest absolute Gasteiger partial charge is 0.481 e. The second-order valence-corrected chi connectivity index (χ2v) is 9.23. The Labute approximate surface area is 211 Å². The molecule has 0 aliphatic heterocycles. The van der Waals surface area contributed by atoms with Crippen LogP contribution < -0.4 is 21.7 Å². The van der Waals surface area contributed by atoms with E-state index < -0.39 is 60.2 Å². The van der Waals surface area contributed by atoms with Gasteiger partial charge in [0.05, 0.1) is 12.5 Å². The van der Waals surface area contributed by atoms with Crippen molar-refractivity contribution in [3.05, 3.63) is 36.0 Å². The Morgan fingerprint density at radius 3 is 2.31 bits per heavy atom. The van der Waals surface area contributed by atoms with E-state index in [-0.39, 0.29) is 12.8 Å². The average Bonchev–Trinajstić information content (AvgIpc) is 3.23. The molecule has 0 bridgehead atoms. The monoisotopic (exact) mass is 521 g/mol. The van der Waals surface area contributed by atoms with Gasteiger partial charge in [-0.3, -0.25) is 19.2 Å². The number of carboxylic acid groups (broad SMARTS) is 2. The quantitative estimate of drug-likeness (QED) is 0.176. The van der Waals surface area contributed by atoms with Crippen molar-refractivity contribution in [2.45, 2.75) is 50.4 Å². The predicted molar refractivity (Wildman–Crippen MR) is 134 cm³/mol. The molecule has 0 fully saturated rings. The number of para-hydroxylation sites is 1. The molecule has 0 saturated heterocycles. The van der Waals surface area contributed by atoms with Gasteiger partial charge in [-0.1, -0.05) is 18.2 Å². The Kier molecular flexibility index (Phi) is 10.7. The van der Waals surface area contributed by atoms with Gasteiger partial charge in [-0.05, 0) is 43.4 Å². The van der Waals surface area contributed by atoms with Crippen LogP contribution in [0.15, 0.2) is 30.5 Å². The molecule has 196 valence electrons. The molecule has 0 aliphatic rings. The summed E-state index contributed by atoms with van der Waals surface area (Å²) in [6.45, 7) is 1.43. The first-order valence-corrected chi connectivity index (χ1v) is 12.6. The van der Waals surface area contributed by atoms with Crippen LogP contribution in [0, 0.1) is 0 Å². The lowest BCUT2D eigenvalue weighted by Crippen LogP contribution is -2.56. The first kappa shape index (κ1) is 28.7. The van der Waals surface area contributed by atoms with Crippen LogP contribution in [0.5, 0.6) is 0 Å². The number of amides is 3. The number of thioether (sulfide) groups is 1. The lowest BCUT2D eigenvalue weighted by Gasteiger charge is -2.23. The number of fused-ring (bicyclic) bond motifs is 1. The number of benzene rings is 1. The molecule has 4 unspecified atom stereocenters. The van der Waals surface area contributed by atoms with Gasteiger partial charge in [0.2, 0.25) is 17.7 Å². The zero-order chi connectivity index (χ0) is 26.8. The maximum absolute atomic E-state index is 12.7. The van der Waals surface area contributed by atoms with Crippen LogP contribution in [0.2, 0.25) is 0 Å². The van der Waals surface area contributed by atoms with Crippen LogP contribution in [0.1, 0.15) is 25.3 Å². The normalized spacial score (nSPS) is 14.3. The summed E-state index contributed by atoms with van der Waals surface area (Å²) in [6.07, 6.45) is 3.16. The molecule has 2 rings (SSSR count). The summed E-state index contributed by atoms with van der Waals surface area (Å²) in [5.74, 6) is -4.50. The number of carbonyl (C=O) groups is 5. The van der Waals surface area contributed by atoms with E-state index in [0.717, 1.165) is 16.5 Å². The van der Waals surface area contributed by atoms with E-state index in [1.54, 1.807) is 12.5 Å². The minimum Gasteiger partial charge on any atom is -0.481 e. The number of aliphatic carboxylic acids is 2. The van der Waals surface area contributed by atoms with Crippen molar-refractivity contribution >= 4 is 52.3 Å². The third-order valence-corrected chi connectivity index (χ3v) is 6.08. The SMILES string of the molecule is CSCCC(NC(=O)C(C)NC(=O)C(N)Cc1c[nH]c2ccccc12)C(=O)NC(CC(=O)O)C(=O)O. The molecule has 4 atom stereocenters. The molecule has 1 heterocycles. The Bertz CT molecular complexity index is 1110. The molecule has 0 saturated carbocycles. The molecule has 0 aliphatic carbocycles. The minimum absolute atomic E-state index is 0.166. The molecule has 1 aromatic carbocycles. The number of carboxylic acids is 2. The third kappa shape index (κ3) is 8.27. The molecule has 0 radical (unpaired) electrons. The maximum Gasteiger partial charge on any atom is 0.326 e. The van der Waals surface area contributed by atoms with E-state index in [2.05, 4.69) is 20.9 Å². The first-order chi connectivity index (χ1) is 17.0. The van der Waals surface area contributed by atoms with Crippen molar-refractivity contribution in [3.8, 4) is 0 Å². The molecule has 3 amide bonds. The zero-order valence-electron chi connectivity index (χ0n) is 19.9. The van der Waals surface area contributed by atoms with E-state index in [1.165, 1.54) is 18.7 Å². The fraction of sp³-hybridized carbons (Fsp3) is 0.435. The summed E-state index contributed by atoms with van der Waals surface area (Å²) in [5.41, 5.74) is 7.83. The van der Waals surface area contributed by atoms with Crippen LogP contribution in [0.4, 0.5) is 0 Å². The Balaban J connectivity index is 1.98. The Hall–Kier alpha value is -3.58. The lowest BCUT2D eigenvalue weighted by atomic mass is 10.0. The summed E-state index contributed by atoms with van der Waals surface area (Å²) in [5, 5.41) is 26.2. The van der Waals surface area contributed by atoms with Gasteiger partial charge in [0.25, 0.3) is 0 Å². The lowest BCUT2D eigenvalue weighted by molar-refractivity contribution is -0.147. The van der Waals surface area contributed by atoms with E-state index in [0.29, 0.717) is 5.75 Å². The average molecular weight is 522 g/mol. The highest BCUT2D eigenvalue weighted by molar-refractivity contribution is 7.98. The van der Waals surface area contributed by atoms with Gasteiger partial charge in [0.1, 0.15) is 18.1 Å². The molecule has 1 aromatic heterocycles. The number of nitrogens with two attached hydrogens (primary N) is 1. The highest BCUT2D eigenvalue weighted by Crippen LogP contribution is 2.18. The maximum atomic E-state index is 12.7. The van der Waals surface area contributed by atoms with Gasteiger partial charge in [0, 0.05) is 17.1 Å². The van der Waals surface area contributed by atoms with E-state index in [9.17, 15) is 24.0 Å². The van der Waals surface area contributed by atoms with Crippen LogP contribution in [-0.2, 0) is 30.4 Å². The van der Waals surface area contributed by atoms with Crippen molar-refractivity contribution in [2.75, 3.05) is 12.0 Å². The standard InChI is InChI=1S/C23H31N5O7S/c1-12(26-21(32)15(24)9-13-11-25-16-6-4-3-5-14(13)16)20(31)27-17(7-8-36-2)22(33)28-18(23(34)35)10-19(29)30/h3-6,11-12,15,17-18,25H,7-10,24H2,1-2H3,(H,26,32)(H,27,31)(H,28,33)(H,29,30)(H,34,35). The zero-order valence-corrected chi connectivity index (χ0v) is 20.8. The highest BCUT2D eigenvalue weighted by atomic mass is 32.2. The van der Waals surface area contributed by atoms with E-state index >= 15 is 0 Å². The molecule has 13 heteroatoms. The van der Waals surface area contributed by atoms with Crippen molar-refractivity contribution in [3.63, 3.8) is 0 Å². The molecule has 36 heavy (non-hydrogen) atoms. The van der Waals surface area contributed by atoms with E-state index in [1.807, 2.05) is 24.3 Å². The number of rotatable bonds is 14. The summed E-state index contributed by atoms with van der Waals surface area (Å²) < 4.78 is 0. The summed E-state index contributed by atoms with van der Waals surface area (Å²) in [4.78, 5) is 63.2. The molecule has 2 aromatic rings. The van der Waals surface area contributed by atoms with Gasteiger partial charge >= 0.3 is 11.9 Å². The fourth-order valence-electron chi connectivity index (χ4n) is 3.46. The third-order valence-electron chi connectivity index (χ3n) is 5.44. The first-order valence-electron chi connectivity index (χ1n) is 11.2. The summed E-state index contributed by atoms with van der Waals surface area (Å²) in [7, 11) is 0. The van der Waals surface area contributed by atoms with E-state index in [4.69, 9.17) is 15.9 Å². The highest BCUT2D eigenvalue weighted by Gasteiger charge is 2.29. The second-order valence-electron chi connectivity index (χ2n) is 8.24. The predicted octanol–water partition coefficient (Wildman–Crippen LogP) is -0.176. The number of carbonyl (C=O) groups excluding carboxylic acids is 3. The number of H-pyrrole nitrogens is 1. The second kappa shape index (κ2) is 13.5. The van der Waals surface area contributed by atoms with Crippen molar-refractivity contribution in [1.29, 1.82) is 0 Å². The minimum atomic E-state index is -1.65. The fourth-order valence-corrected chi connectivity index (χ4v) is 3.94. The Morgan fingerprint density at radius 1 is 1.00 bits per heavy atom. The number of hydrogen-bond acceptors (Lipinski definition) is 7. The van der Waals surface area contributed by atoms with Gasteiger partial charge in [-0.2, -0.15) is 11.8 Å². The van der Waals surface area contributed by atoms with Crippen LogP contribution in [0.3, 0.4) is 0 Å². The van der Waals surface area contributed by atoms with Crippen molar-refractivity contribution in [1.82, 2.24) is 20.9 Å². The molecule has 0 spiro atoms. The van der Waals surface area contributed by atoms with Crippen molar-refractivity contribution < 1.29 is 34.2 Å². The van der Waals surface area contributed by atoms with Crippen LogP contribution in [-0.4, -0.2) is 81.0 Å². The van der Waals surface area contributed by atoms with Crippen molar-refractivity contribution in [2.24, 2.45) is 5.73 Å². The molecule has 12 nitrogen and oxygen atoms in total. The van der Waals surface area contributed by atoms with Crippen LogP contribution in [0.25, 0.3) is 10.9 Å². The number of aromatic amines is 1. The van der Waals surface area contributed by atoms with Gasteiger partial charge in [-0.15, -0.1) is 0 Å². The number of hydrogen-bond donors (Lipinski definition) is 7. The Morgan fingerprint density at radius 2 is 1.67 bits per heavy atom. The number of aromatic nitrogens is 1. The van der Waals surface area contributed by atoms with Crippen LogP contribution >= 0.6 is 11.8 Å². The molecule has 8 N–H and O–H groups in total. The van der Waals surface area contributed by atoms with Gasteiger partial charge in [-0.25, -0.2) is 4.79 Å². The topological polar surface area (TPSA) is 204 Å². The van der Waals surface area contributed by atoms with Gasteiger partial charge < -0.3 is 36.9 Å². The molecular formula is C23H31N5O7S. The number of nitrogens with one attached hydrogen (secondary N) is 4. The summed E-state index contributed by atoms with van der Waals surface area (Å²) in [6, 6.07) is 2.84. The molecular weight excluding hydrogens is 490 g/mol.